The fourth-order valence-electron chi connectivity index (χ4n) is 4.01. The van der Waals surface area contributed by atoms with Gasteiger partial charge in [0.25, 0.3) is 0 Å². The number of hydrogen-bond acceptors (Lipinski definition) is 5. The molecule has 4 rings (SSSR count). The minimum atomic E-state index is -0.982. The molecule has 1 heterocycles. The zero-order valence-electron chi connectivity index (χ0n) is 20.4. The first kappa shape index (κ1) is 26.9. The van der Waals surface area contributed by atoms with Gasteiger partial charge in [0, 0.05) is 28.2 Å². The number of rotatable bonds is 9. The number of anilines is 1. The highest BCUT2D eigenvalue weighted by molar-refractivity contribution is 6.39. The number of carbonyl (C=O) groups is 1. The topological polar surface area (TPSA) is 84.6 Å². The number of carboxylic acid groups (broad SMARTS) is 1. The van der Waals surface area contributed by atoms with Crippen molar-refractivity contribution in [3.8, 4) is 17.0 Å². The lowest BCUT2D eigenvalue weighted by Crippen LogP contribution is -2.08. The SMILES string of the molecule is CC(C)c1onc(-c2c(Cl)cccc2Cl)c1COc1ccc(C(C)Nc2cccc(C(=O)O)c2)c(Cl)c1. The van der Waals surface area contributed by atoms with Crippen LogP contribution in [0.25, 0.3) is 11.3 Å². The lowest BCUT2D eigenvalue weighted by atomic mass is 10.0. The first-order chi connectivity index (χ1) is 17.7. The molecular weight excluding hydrogens is 535 g/mol. The predicted molar refractivity (Wildman–Crippen MR) is 147 cm³/mol. The molecule has 37 heavy (non-hydrogen) atoms. The Labute approximate surface area is 230 Å². The Hall–Kier alpha value is -3.19. The van der Waals surface area contributed by atoms with Gasteiger partial charge in [-0.2, -0.15) is 0 Å². The molecule has 6 nitrogen and oxygen atoms in total. The van der Waals surface area contributed by atoms with Gasteiger partial charge in [-0.3, -0.25) is 0 Å². The number of benzene rings is 3. The highest BCUT2D eigenvalue weighted by Gasteiger charge is 2.24. The van der Waals surface area contributed by atoms with Gasteiger partial charge >= 0.3 is 5.97 Å². The molecule has 9 heteroatoms. The molecule has 1 atom stereocenters. The van der Waals surface area contributed by atoms with Crippen LogP contribution < -0.4 is 10.1 Å². The summed E-state index contributed by atoms with van der Waals surface area (Å²) in [5.74, 6) is 0.346. The summed E-state index contributed by atoms with van der Waals surface area (Å²) in [5.41, 5.74) is 3.63. The second-order valence-electron chi connectivity index (χ2n) is 8.85. The standard InChI is InChI=1S/C28H25Cl3N2O4/c1-15(2)27-21(26(33-37-27)25-22(29)8-5-9-23(25)30)14-36-19-10-11-20(24(31)13-19)16(3)32-18-7-4-6-17(12-18)28(34)35/h4-13,15-16,32H,14H2,1-3H3,(H,34,35). The minimum absolute atomic E-state index is 0.0682. The summed E-state index contributed by atoms with van der Waals surface area (Å²) in [5, 5.41) is 18.2. The van der Waals surface area contributed by atoms with Gasteiger partial charge in [-0.15, -0.1) is 0 Å². The molecule has 0 aliphatic heterocycles. The van der Waals surface area contributed by atoms with Gasteiger partial charge in [0.05, 0.1) is 21.2 Å². The summed E-state index contributed by atoms with van der Waals surface area (Å²) in [4.78, 5) is 11.3. The molecule has 0 radical (unpaired) electrons. The Kier molecular flexibility index (Phi) is 8.32. The number of nitrogens with one attached hydrogen (secondary N) is 1. The minimum Gasteiger partial charge on any atom is -0.489 e. The average molecular weight is 560 g/mol. The van der Waals surface area contributed by atoms with Gasteiger partial charge in [-0.1, -0.05) is 72.0 Å². The molecule has 0 saturated heterocycles. The molecule has 1 unspecified atom stereocenters. The van der Waals surface area contributed by atoms with Crippen molar-refractivity contribution in [1.29, 1.82) is 0 Å². The summed E-state index contributed by atoms with van der Waals surface area (Å²) in [7, 11) is 0. The fourth-order valence-corrected chi connectivity index (χ4v) is 4.92. The van der Waals surface area contributed by atoms with Crippen molar-refractivity contribution in [2.45, 2.75) is 39.3 Å². The van der Waals surface area contributed by atoms with Crippen molar-refractivity contribution in [2.75, 3.05) is 5.32 Å². The highest BCUT2D eigenvalue weighted by atomic mass is 35.5. The zero-order valence-corrected chi connectivity index (χ0v) is 22.7. The van der Waals surface area contributed by atoms with Crippen LogP contribution in [0.5, 0.6) is 5.75 Å². The third-order valence-corrected chi connectivity index (χ3v) is 6.81. The summed E-state index contributed by atoms with van der Waals surface area (Å²) in [6, 6.07) is 17.2. The number of carboxylic acids is 1. The van der Waals surface area contributed by atoms with Crippen molar-refractivity contribution in [3.63, 3.8) is 0 Å². The quantitative estimate of drug-likeness (QED) is 0.213. The van der Waals surface area contributed by atoms with Crippen molar-refractivity contribution in [2.24, 2.45) is 0 Å². The number of halogens is 3. The maximum Gasteiger partial charge on any atom is 0.335 e. The monoisotopic (exact) mass is 558 g/mol. The second kappa shape index (κ2) is 11.5. The fraction of sp³-hybridized carbons (Fsp3) is 0.214. The number of aromatic nitrogens is 1. The smallest absolute Gasteiger partial charge is 0.335 e. The molecule has 0 saturated carbocycles. The maximum atomic E-state index is 11.3. The molecule has 0 spiro atoms. The lowest BCUT2D eigenvalue weighted by molar-refractivity contribution is 0.0697. The van der Waals surface area contributed by atoms with Gasteiger partial charge in [-0.05, 0) is 55.0 Å². The molecule has 0 aliphatic rings. The van der Waals surface area contributed by atoms with E-state index in [1.807, 2.05) is 39.0 Å². The first-order valence-corrected chi connectivity index (χ1v) is 12.7. The normalized spacial score (nSPS) is 12.0. The molecular formula is C28H25Cl3N2O4. The molecule has 2 N–H and O–H groups in total. The first-order valence-electron chi connectivity index (χ1n) is 11.6. The molecule has 0 aliphatic carbocycles. The molecule has 0 bridgehead atoms. The second-order valence-corrected chi connectivity index (χ2v) is 10.1. The molecule has 0 fully saturated rings. The zero-order chi connectivity index (χ0) is 26.7. The molecule has 3 aromatic carbocycles. The Morgan fingerprint density at radius 3 is 2.35 bits per heavy atom. The number of hydrogen-bond donors (Lipinski definition) is 2. The van der Waals surface area contributed by atoms with E-state index in [-0.39, 0.29) is 24.1 Å². The van der Waals surface area contributed by atoms with E-state index < -0.39 is 5.97 Å². The number of aromatic carboxylic acids is 1. The molecule has 192 valence electrons. The predicted octanol–water partition coefficient (Wildman–Crippen LogP) is 8.88. The van der Waals surface area contributed by atoms with Crippen LogP contribution in [-0.4, -0.2) is 16.2 Å². The molecule has 1 aromatic heterocycles. The van der Waals surface area contributed by atoms with E-state index in [1.54, 1.807) is 42.5 Å². The van der Waals surface area contributed by atoms with Crippen molar-refractivity contribution >= 4 is 46.5 Å². The van der Waals surface area contributed by atoms with E-state index in [2.05, 4.69) is 10.5 Å². The van der Waals surface area contributed by atoms with Gasteiger partial charge in [0.15, 0.2) is 0 Å². The third kappa shape index (κ3) is 6.04. The van der Waals surface area contributed by atoms with Crippen LogP contribution in [0.2, 0.25) is 15.1 Å². The van der Waals surface area contributed by atoms with Gasteiger partial charge in [0.2, 0.25) is 0 Å². The van der Waals surface area contributed by atoms with Crippen molar-refractivity contribution in [1.82, 2.24) is 5.16 Å². The number of nitrogens with zero attached hydrogens (tertiary/aromatic N) is 1. The van der Waals surface area contributed by atoms with E-state index in [0.29, 0.717) is 43.5 Å². The molecule has 4 aromatic rings. The summed E-state index contributed by atoms with van der Waals surface area (Å²) < 4.78 is 11.7. The Bertz CT molecular complexity index is 1410. The van der Waals surface area contributed by atoms with Crippen LogP contribution in [-0.2, 0) is 6.61 Å². The third-order valence-electron chi connectivity index (χ3n) is 5.86. The van der Waals surface area contributed by atoms with Crippen LogP contribution in [0.3, 0.4) is 0 Å². The maximum absolute atomic E-state index is 11.3. The summed E-state index contributed by atoms with van der Waals surface area (Å²) in [6.07, 6.45) is 0. The van der Waals surface area contributed by atoms with E-state index in [0.717, 1.165) is 11.1 Å². The van der Waals surface area contributed by atoms with Gasteiger partial charge in [0.1, 0.15) is 23.8 Å². The van der Waals surface area contributed by atoms with E-state index in [4.69, 9.17) is 44.1 Å². The van der Waals surface area contributed by atoms with Gasteiger partial charge in [-0.25, -0.2) is 4.79 Å². The van der Waals surface area contributed by atoms with Crippen molar-refractivity contribution < 1.29 is 19.2 Å². The van der Waals surface area contributed by atoms with Crippen LogP contribution in [0.1, 0.15) is 60.0 Å². The van der Waals surface area contributed by atoms with Crippen molar-refractivity contribution in [3.05, 3.63) is 98.2 Å². The van der Waals surface area contributed by atoms with Crippen LogP contribution in [0.4, 0.5) is 5.69 Å². The largest absolute Gasteiger partial charge is 0.489 e. The van der Waals surface area contributed by atoms with E-state index in [9.17, 15) is 9.90 Å². The van der Waals surface area contributed by atoms with E-state index >= 15 is 0 Å². The highest BCUT2D eigenvalue weighted by Crippen LogP contribution is 2.39. The molecule has 0 amide bonds. The van der Waals surface area contributed by atoms with Crippen LogP contribution >= 0.6 is 34.8 Å². The Morgan fingerprint density at radius 1 is 1.00 bits per heavy atom. The summed E-state index contributed by atoms with van der Waals surface area (Å²) in [6.45, 7) is 6.14. The summed E-state index contributed by atoms with van der Waals surface area (Å²) >= 11 is 19.5. The Morgan fingerprint density at radius 2 is 1.70 bits per heavy atom. The average Bonchev–Trinajstić information content (AvgIpc) is 3.26. The number of ether oxygens (including phenoxy) is 1. The Balaban J connectivity index is 1.54. The van der Waals surface area contributed by atoms with Gasteiger partial charge < -0.3 is 19.7 Å². The lowest BCUT2D eigenvalue weighted by Gasteiger charge is -2.18. The van der Waals surface area contributed by atoms with Crippen LogP contribution in [0, 0.1) is 0 Å². The van der Waals surface area contributed by atoms with E-state index in [1.165, 1.54) is 0 Å². The van der Waals surface area contributed by atoms with Crippen LogP contribution in [0.15, 0.2) is 65.2 Å².